The first-order valence-electron chi connectivity index (χ1n) is 4.21. The fourth-order valence-corrected chi connectivity index (χ4v) is 1.60. The Kier molecular flexibility index (Phi) is 1.86. The third kappa shape index (κ3) is 1.23. The van der Waals surface area contributed by atoms with Crippen LogP contribution in [0.2, 0.25) is 0 Å². The van der Waals surface area contributed by atoms with Crippen LogP contribution in [0.15, 0.2) is 6.07 Å². The molecule has 4 heteroatoms. The monoisotopic (exact) mass is 167 g/mol. The van der Waals surface area contributed by atoms with E-state index in [1.54, 1.807) is 0 Å². The average molecular weight is 167 g/mol. The van der Waals surface area contributed by atoms with Crippen molar-refractivity contribution in [2.45, 2.75) is 32.0 Å². The number of aryl methyl sites for hydroxylation is 1. The van der Waals surface area contributed by atoms with Crippen molar-refractivity contribution in [3.8, 4) is 0 Å². The van der Waals surface area contributed by atoms with Crippen molar-refractivity contribution in [3.63, 3.8) is 0 Å². The summed E-state index contributed by atoms with van der Waals surface area (Å²) in [6.07, 6.45) is 2.00. The van der Waals surface area contributed by atoms with Crippen LogP contribution in [0.5, 0.6) is 0 Å². The Labute approximate surface area is 71.0 Å². The van der Waals surface area contributed by atoms with Gasteiger partial charge in [0.2, 0.25) is 0 Å². The normalized spacial score (nSPS) is 22.3. The molecule has 1 aliphatic heterocycles. The molecule has 0 unspecified atom stereocenters. The summed E-state index contributed by atoms with van der Waals surface area (Å²) in [7, 11) is 0. The molecule has 1 aliphatic rings. The molecule has 0 fully saturated rings. The van der Waals surface area contributed by atoms with E-state index in [1.165, 1.54) is 5.69 Å². The highest BCUT2D eigenvalue weighted by Gasteiger charge is 2.16. The summed E-state index contributed by atoms with van der Waals surface area (Å²) in [6, 6.07) is 2.18. The van der Waals surface area contributed by atoms with E-state index in [1.807, 2.05) is 10.7 Å². The lowest BCUT2D eigenvalue weighted by Crippen LogP contribution is -2.32. The quantitative estimate of drug-likeness (QED) is 0.601. The first-order valence-corrected chi connectivity index (χ1v) is 4.21. The van der Waals surface area contributed by atoms with Crippen LogP contribution < -0.4 is 5.73 Å². The molecule has 0 bridgehead atoms. The van der Waals surface area contributed by atoms with Crippen molar-refractivity contribution in [3.05, 3.63) is 17.5 Å². The van der Waals surface area contributed by atoms with E-state index in [0.29, 0.717) is 0 Å². The Morgan fingerprint density at radius 3 is 3.33 bits per heavy atom. The third-order valence-corrected chi connectivity index (χ3v) is 2.25. The Bertz CT molecular complexity index is 282. The molecule has 66 valence electrons. The molecule has 2 heterocycles. The minimum absolute atomic E-state index is 0.0231. The molecule has 12 heavy (non-hydrogen) atoms. The molecule has 0 spiro atoms. The molecular weight excluding hydrogens is 154 g/mol. The van der Waals surface area contributed by atoms with Crippen LogP contribution in [0.25, 0.3) is 0 Å². The molecule has 0 aliphatic carbocycles. The second-order valence-electron chi connectivity index (χ2n) is 3.27. The van der Waals surface area contributed by atoms with Gasteiger partial charge in [-0.15, -0.1) is 0 Å². The maximum Gasteiger partial charge on any atom is 0.0881 e. The average Bonchev–Trinajstić information content (AvgIpc) is 2.46. The van der Waals surface area contributed by atoms with E-state index < -0.39 is 0 Å². The van der Waals surface area contributed by atoms with Gasteiger partial charge in [-0.25, -0.2) is 0 Å². The lowest BCUT2D eigenvalue weighted by Gasteiger charge is -2.19. The van der Waals surface area contributed by atoms with Gasteiger partial charge in [0.15, 0.2) is 0 Å². The molecule has 1 atom stereocenters. The number of hydrogen-bond donors (Lipinski definition) is 2. The Balaban J connectivity index is 2.28. The zero-order valence-electron chi connectivity index (χ0n) is 6.90. The van der Waals surface area contributed by atoms with Crippen molar-refractivity contribution in [1.29, 1.82) is 0 Å². The summed E-state index contributed by atoms with van der Waals surface area (Å²) in [5, 5.41) is 13.1. The topological polar surface area (TPSA) is 64.1 Å². The van der Waals surface area contributed by atoms with Crippen LogP contribution in [-0.2, 0) is 19.6 Å². The maximum absolute atomic E-state index is 8.85. The maximum atomic E-state index is 8.85. The molecule has 0 aromatic carbocycles. The summed E-state index contributed by atoms with van der Waals surface area (Å²) >= 11 is 0. The van der Waals surface area contributed by atoms with E-state index >= 15 is 0 Å². The smallest absolute Gasteiger partial charge is 0.0881 e. The van der Waals surface area contributed by atoms with Gasteiger partial charge in [0, 0.05) is 11.7 Å². The van der Waals surface area contributed by atoms with Crippen LogP contribution in [0.1, 0.15) is 17.8 Å². The number of aromatic nitrogens is 2. The number of rotatable bonds is 1. The van der Waals surface area contributed by atoms with E-state index in [4.69, 9.17) is 10.8 Å². The van der Waals surface area contributed by atoms with Crippen molar-refractivity contribution in [1.82, 2.24) is 9.78 Å². The summed E-state index contributed by atoms with van der Waals surface area (Å²) in [6.45, 7) is 0.810. The minimum atomic E-state index is 0.0231. The lowest BCUT2D eigenvalue weighted by molar-refractivity contribution is 0.274. The van der Waals surface area contributed by atoms with Gasteiger partial charge in [0.25, 0.3) is 0 Å². The van der Waals surface area contributed by atoms with E-state index in [-0.39, 0.29) is 12.6 Å². The number of aliphatic hydroxyl groups is 1. The van der Waals surface area contributed by atoms with E-state index in [2.05, 4.69) is 5.10 Å². The second kappa shape index (κ2) is 2.88. The number of nitrogens with two attached hydrogens (primary N) is 1. The van der Waals surface area contributed by atoms with Crippen LogP contribution in [0, 0.1) is 0 Å². The molecule has 3 N–H and O–H groups in total. The van der Waals surface area contributed by atoms with Crippen molar-refractivity contribution >= 4 is 0 Å². The first kappa shape index (κ1) is 7.76. The Morgan fingerprint density at radius 1 is 1.75 bits per heavy atom. The summed E-state index contributed by atoms with van der Waals surface area (Å²) in [5.74, 6) is 0. The summed E-state index contributed by atoms with van der Waals surface area (Å²) in [5.41, 5.74) is 7.72. The Hall–Kier alpha value is -0.870. The van der Waals surface area contributed by atoms with Crippen LogP contribution in [-0.4, -0.2) is 20.9 Å². The third-order valence-electron chi connectivity index (χ3n) is 2.25. The van der Waals surface area contributed by atoms with Gasteiger partial charge in [0.05, 0.1) is 18.8 Å². The van der Waals surface area contributed by atoms with Gasteiger partial charge >= 0.3 is 0 Å². The van der Waals surface area contributed by atoms with Gasteiger partial charge in [-0.05, 0) is 18.9 Å². The highest BCUT2D eigenvalue weighted by molar-refractivity contribution is 5.12. The lowest BCUT2D eigenvalue weighted by atomic mass is 10.1. The number of nitrogens with zero attached hydrogens (tertiary/aromatic N) is 2. The van der Waals surface area contributed by atoms with Gasteiger partial charge in [-0.2, -0.15) is 5.10 Å². The molecule has 4 nitrogen and oxygen atoms in total. The first-order chi connectivity index (χ1) is 5.79. The fraction of sp³-hybridized carbons (Fsp3) is 0.625. The fourth-order valence-electron chi connectivity index (χ4n) is 1.60. The standard InChI is InChI=1S/C8H13N3O/c9-6-1-2-8-3-7(5-12)10-11(8)4-6/h3,6,12H,1-2,4-5,9H2/t6-/m1/s1. The molecular formula is C8H13N3O. The van der Waals surface area contributed by atoms with Gasteiger partial charge in [0.1, 0.15) is 0 Å². The molecule has 1 aromatic rings. The molecule has 2 rings (SSSR count). The molecule has 0 saturated heterocycles. The zero-order chi connectivity index (χ0) is 8.55. The summed E-state index contributed by atoms with van der Waals surface area (Å²) in [4.78, 5) is 0. The van der Waals surface area contributed by atoms with E-state index in [9.17, 15) is 0 Å². The number of aliphatic hydroxyl groups excluding tert-OH is 1. The van der Waals surface area contributed by atoms with E-state index in [0.717, 1.165) is 25.1 Å². The van der Waals surface area contributed by atoms with Crippen molar-refractivity contribution in [2.24, 2.45) is 5.73 Å². The van der Waals surface area contributed by atoms with Crippen molar-refractivity contribution in [2.75, 3.05) is 0 Å². The predicted octanol–water partition coefficient (Wildman–Crippen LogP) is -0.351. The van der Waals surface area contributed by atoms with Crippen molar-refractivity contribution < 1.29 is 5.11 Å². The largest absolute Gasteiger partial charge is 0.390 e. The number of hydrogen-bond acceptors (Lipinski definition) is 3. The number of fused-ring (bicyclic) bond motifs is 1. The highest BCUT2D eigenvalue weighted by Crippen LogP contribution is 2.14. The zero-order valence-corrected chi connectivity index (χ0v) is 6.90. The van der Waals surface area contributed by atoms with Gasteiger partial charge in [-0.3, -0.25) is 4.68 Å². The van der Waals surface area contributed by atoms with Crippen LogP contribution >= 0.6 is 0 Å². The molecule has 0 saturated carbocycles. The Morgan fingerprint density at radius 2 is 2.58 bits per heavy atom. The second-order valence-corrected chi connectivity index (χ2v) is 3.27. The molecule has 1 aromatic heterocycles. The van der Waals surface area contributed by atoms with Gasteiger partial charge < -0.3 is 10.8 Å². The van der Waals surface area contributed by atoms with Crippen LogP contribution in [0.4, 0.5) is 0 Å². The highest BCUT2D eigenvalue weighted by atomic mass is 16.3. The SMILES string of the molecule is N[C@@H]1CCc2cc(CO)nn2C1. The minimum Gasteiger partial charge on any atom is -0.390 e. The van der Waals surface area contributed by atoms with Gasteiger partial charge in [-0.1, -0.05) is 0 Å². The predicted molar refractivity (Wildman–Crippen MR) is 44.4 cm³/mol. The summed E-state index contributed by atoms with van der Waals surface area (Å²) < 4.78 is 1.90. The molecule has 0 radical (unpaired) electrons. The molecule has 0 amide bonds. The van der Waals surface area contributed by atoms with Crippen LogP contribution in [0.3, 0.4) is 0 Å².